The van der Waals surface area contributed by atoms with Crippen LogP contribution >= 0.6 is 34.8 Å². The number of nitrogens with one attached hydrogen (secondary N) is 2. The highest BCUT2D eigenvalue weighted by molar-refractivity contribution is 6.42. The number of hydrogen-bond acceptors (Lipinski definition) is 8. The van der Waals surface area contributed by atoms with E-state index in [0.717, 1.165) is 12.4 Å². The lowest BCUT2D eigenvalue weighted by Crippen LogP contribution is -2.16. The van der Waals surface area contributed by atoms with Crippen molar-refractivity contribution in [3.63, 3.8) is 0 Å². The Balaban J connectivity index is 1.74. The van der Waals surface area contributed by atoms with Gasteiger partial charge in [-0.25, -0.2) is 19.7 Å². The third-order valence-electron chi connectivity index (χ3n) is 3.94. The summed E-state index contributed by atoms with van der Waals surface area (Å²) >= 11 is 18.4. The fourth-order valence-corrected chi connectivity index (χ4v) is 3.54. The number of rotatable bonds is 8. The average Bonchev–Trinajstić information content (AvgIpc) is 2.71. The molecule has 0 bridgehead atoms. The zero-order valence-electron chi connectivity index (χ0n) is 15.5. The smallest absolute Gasteiger partial charge is 0.339 e. The number of aromatic carboxylic acids is 1. The van der Waals surface area contributed by atoms with Crippen LogP contribution in [0.15, 0.2) is 36.7 Å². The van der Waals surface area contributed by atoms with Crippen molar-refractivity contribution in [1.29, 1.82) is 0 Å². The van der Waals surface area contributed by atoms with Gasteiger partial charge in [0.15, 0.2) is 0 Å². The van der Waals surface area contributed by atoms with Gasteiger partial charge in [0.25, 0.3) is 5.69 Å². The van der Waals surface area contributed by atoms with Crippen LogP contribution in [0, 0.1) is 10.1 Å². The maximum Gasteiger partial charge on any atom is 0.339 e. The zero-order chi connectivity index (χ0) is 22.5. The standard InChI is InChI=1S/C18H13Cl3N6O4/c19-9-5-12(20)15(13(21)6-9)16-11(17(28)29)8-25-18(26-16)23-4-3-22-14-2-1-10(7-24-14)27(30)31/h1-2,5-8H,3-4H2,(H,22,24)(H,28,29)(H,23,25,26). The van der Waals surface area contributed by atoms with E-state index in [1.54, 1.807) is 0 Å². The first-order valence-corrected chi connectivity index (χ1v) is 9.73. The highest BCUT2D eigenvalue weighted by Gasteiger charge is 2.20. The van der Waals surface area contributed by atoms with Gasteiger partial charge in [0, 0.05) is 35.9 Å². The van der Waals surface area contributed by atoms with Crippen molar-refractivity contribution < 1.29 is 14.8 Å². The lowest BCUT2D eigenvalue weighted by Gasteiger charge is -2.12. The molecule has 2 heterocycles. The van der Waals surface area contributed by atoms with Gasteiger partial charge >= 0.3 is 5.97 Å². The minimum absolute atomic E-state index is 0.0432. The molecule has 0 unspecified atom stereocenters. The molecule has 3 rings (SSSR count). The molecule has 160 valence electrons. The summed E-state index contributed by atoms with van der Waals surface area (Å²) in [4.78, 5) is 33.9. The average molecular weight is 484 g/mol. The van der Waals surface area contributed by atoms with Gasteiger partial charge in [0.1, 0.15) is 17.6 Å². The van der Waals surface area contributed by atoms with Gasteiger partial charge in [0.05, 0.1) is 20.7 Å². The first kappa shape index (κ1) is 22.5. The predicted molar refractivity (Wildman–Crippen MR) is 117 cm³/mol. The molecule has 1 aromatic carbocycles. The van der Waals surface area contributed by atoms with Crippen molar-refractivity contribution in [3.8, 4) is 11.3 Å². The van der Waals surface area contributed by atoms with E-state index in [4.69, 9.17) is 34.8 Å². The number of carboxylic acids is 1. The van der Waals surface area contributed by atoms with Gasteiger partial charge in [-0.2, -0.15) is 0 Å². The van der Waals surface area contributed by atoms with E-state index < -0.39 is 10.9 Å². The Morgan fingerprint density at radius 3 is 2.32 bits per heavy atom. The Morgan fingerprint density at radius 2 is 1.74 bits per heavy atom. The third-order valence-corrected chi connectivity index (χ3v) is 4.75. The second-order valence-corrected chi connectivity index (χ2v) is 7.27. The van der Waals surface area contributed by atoms with Gasteiger partial charge < -0.3 is 15.7 Å². The van der Waals surface area contributed by atoms with E-state index >= 15 is 0 Å². The molecule has 10 nitrogen and oxygen atoms in total. The summed E-state index contributed by atoms with van der Waals surface area (Å²) < 4.78 is 0. The highest BCUT2D eigenvalue weighted by Crippen LogP contribution is 2.38. The van der Waals surface area contributed by atoms with Crippen LogP contribution in [0.4, 0.5) is 17.5 Å². The molecule has 0 aliphatic rings. The van der Waals surface area contributed by atoms with Crippen molar-refractivity contribution >= 4 is 58.2 Å². The van der Waals surface area contributed by atoms with E-state index in [1.165, 1.54) is 24.3 Å². The van der Waals surface area contributed by atoms with Crippen molar-refractivity contribution in [2.24, 2.45) is 0 Å². The summed E-state index contributed by atoms with van der Waals surface area (Å²) in [5.74, 6) is -0.634. The molecular formula is C18H13Cl3N6O4. The summed E-state index contributed by atoms with van der Waals surface area (Å²) in [5, 5.41) is 26.6. The predicted octanol–water partition coefficient (Wildman–Crippen LogP) is 4.63. The minimum Gasteiger partial charge on any atom is -0.478 e. The molecule has 0 atom stereocenters. The van der Waals surface area contributed by atoms with E-state index in [9.17, 15) is 20.0 Å². The number of hydrogen-bond donors (Lipinski definition) is 3. The minimum atomic E-state index is -1.24. The van der Waals surface area contributed by atoms with E-state index in [-0.39, 0.29) is 38.5 Å². The highest BCUT2D eigenvalue weighted by atomic mass is 35.5. The first-order chi connectivity index (χ1) is 14.8. The number of halogens is 3. The van der Waals surface area contributed by atoms with Crippen LogP contribution in [-0.4, -0.2) is 44.0 Å². The van der Waals surface area contributed by atoms with Gasteiger partial charge in [0.2, 0.25) is 5.95 Å². The lowest BCUT2D eigenvalue weighted by atomic mass is 10.1. The summed E-state index contributed by atoms with van der Waals surface area (Å²) in [6, 6.07) is 5.69. The number of nitrogens with zero attached hydrogens (tertiary/aromatic N) is 4. The molecule has 2 aromatic heterocycles. The molecule has 0 aliphatic carbocycles. The SMILES string of the molecule is O=C(O)c1cnc(NCCNc2ccc([N+](=O)[O-])cn2)nc1-c1c(Cl)cc(Cl)cc1Cl. The maximum atomic E-state index is 11.6. The Morgan fingerprint density at radius 1 is 1.06 bits per heavy atom. The van der Waals surface area contributed by atoms with Crippen LogP contribution in [0.1, 0.15) is 10.4 Å². The topological polar surface area (TPSA) is 143 Å². The van der Waals surface area contributed by atoms with Gasteiger partial charge in [-0.15, -0.1) is 0 Å². The summed E-state index contributed by atoms with van der Waals surface area (Å²) in [6.45, 7) is 0.721. The normalized spacial score (nSPS) is 10.5. The molecule has 0 radical (unpaired) electrons. The summed E-state index contributed by atoms with van der Waals surface area (Å²) in [6.07, 6.45) is 2.30. The molecular weight excluding hydrogens is 471 g/mol. The molecule has 3 aromatic rings. The number of pyridine rings is 1. The quantitative estimate of drug-likeness (QED) is 0.237. The maximum absolute atomic E-state index is 11.6. The van der Waals surface area contributed by atoms with Crippen molar-refractivity contribution in [1.82, 2.24) is 15.0 Å². The van der Waals surface area contributed by atoms with Crippen LogP contribution in [0.2, 0.25) is 15.1 Å². The summed E-state index contributed by atoms with van der Waals surface area (Å²) in [5.41, 5.74) is -0.0158. The van der Waals surface area contributed by atoms with E-state index in [2.05, 4.69) is 25.6 Å². The van der Waals surface area contributed by atoms with Crippen LogP contribution in [0.5, 0.6) is 0 Å². The van der Waals surface area contributed by atoms with Gasteiger partial charge in [-0.1, -0.05) is 34.8 Å². The van der Waals surface area contributed by atoms with E-state index in [1.807, 2.05) is 0 Å². The van der Waals surface area contributed by atoms with E-state index in [0.29, 0.717) is 23.9 Å². The van der Waals surface area contributed by atoms with Gasteiger partial charge in [-0.05, 0) is 18.2 Å². The van der Waals surface area contributed by atoms with Crippen molar-refractivity contribution in [2.75, 3.05) is 23.7 Å². The number of carbonyl (C=O) groups is 1. The number of carboxylic acid groups (broad SMARTS) is 1. The van der Waals surface area contributed by atoms with Crippen LogP contribution in [-0.2, 0) is 0 Å². The molecule has 0 spiro atoms. The van der Waals surface area contributed by atoms with Gasteiger partial charge in [-0.3, -0.25) is 10.1 Å². The molecule has 0 saturated carbocycles. The monoisotopic (exact) mass is 482 g/mol. The fourth-order valence-electron chi connectivity index (χ4n) is 2.55. The molecule has 13 heteroatoms. The fraction of sp³-hybridized carbons (Fsp3) is 0.111. The Labute approximate surface area is 190 Å². The van der Waals surface area contributed by atoms with Crippen LogP contribution in [0.25, 0.3) is 11.3 Å². The second-order valence-electron chi connectivity index (χ2n) is 6.02. The number of nitro groups is 1. The van der Waals surface area contributed by atoms with Crippen molar-refractivity contribution in [2.45, 2.75) is 0 Å². The largest absolute Gasteiger partial charge is 0.478 e. The van der Waals surface area contributed by atoms with Crippen LogP contribution in [0.3, 0.4) is 0 Å². The second kappa shape index (κ2) is 9.73. The molecule has 0 saturated heterocycles. The lowest BCUT2D eigenvalue weighted by molar-refractivity contribution is -0.385. The van der Waals surface area contributed by atoms with Crippen LogP contribution < -0.4 is 10.6 Å². The Kier molecular flexibility index (Phi) is 7.06. The molecule has 0 fully saturated rings. The number of aromatic nitrogens is 3. The Hall–Kier alpha value is -3.21. The molecule has 0 amide bonds. The van der Waals surface area contributed by atoms with Crippen molar-refractivity contribution in [3.05, 3.63) is 67.4 Å². The first-order valence-electron chi connectivity index (χ1n) is 8.59. The number of anilines is 2. The number of benzene rings is 1. The third kappa shape index (κ3) is 5.48. The molecule has 0 aliphatic heterocycles. The molecule has 31 heavy (non-hydrogen) atoms. The summed E-state index contributed by atoms with van der Waals surface area (Å²) in [7, 11) is 0. The Bertz CT molecular complexity index is 1120. The zero-order valence-corrected chi connectivity index (χ0v) is 17.7. The molecule has 3 N–H and O–H groups in total.